The Bertz CT molecular complexity index is 1030. The summed E-state index contributed by atoms with van der Waals surface area (Å²) in [4.78, 5) is 20.2. The molecule has 0 aliphatic carbocycles. The van der Waals surface area contributed by atoms with Crippen molar-refractivity contribution < 1.29 is 4.79 Å². The lowest BCUT2D eigenvalue weighted by atomic mass is 9.73. The van der Waals surface area contributed by atoms with Crippen molar-refractivity contribution in [3.63, 3.8) is 0 Å². The standard InChI is InChI=1S/C26H33N5O/c1-3-28-25(32)26(12-8-14-30(20-26)18-21-16-29-31(4-2)19-21)15-22-9-5-6-11-24(22)23-10-7-13-27-17-23/h5-7,9-11,13,16-17,19H,3-4,8,12,14-15,18,20H2,1-2H3,(H,28,32). The predicted molar refractivity (Wildman–Crippen MR) is 127 cm³/mol. The van der Waals surface area contributed by atoms with Crippen molar-refractivity contribution in [2.45, 2.75) is 46.2 Å². The fraction of sp³-hybridized carbons (Fsp3) is 0.423. The summed E-state index contributed by atoms with van der Waals surface area (Å²) in [5.41, 5.74) is 4.20. The molecule has 0 saturated carbocycles. The number of hydrogen-bond acceptors (Lipinski definition) is 4. The number of pyridine rings is 1. The molecule has 1 amide bonds. The summed E-state index contributed by atoms with van der Waals surface area (Å²) in [5.74, 6) is 0.162. The number of carbonyl (C=O) groups excluding carboxylic acids is 1. The molecule has 1 aliphatic rings. The molecule has 0 bridgehead atoms. The third-order valence-electron chi connectivity index (χ3n) is 6.41. The van der Waals surface area contributed by atoms with Gasteiger partial charge < -0.3 is 5.32 Å². The van der Waals surface area contributed by atoms with Gasteiger partial charge in [-0.05, 0) is 56.8 Å². The zero-order chi connectivity index (χ0) is 22.4. The maximum atomic E-state index is 13.5. The maximum absolute atomic E-state index is 13.5. The van der Waals surface area contributed by atoms with E-state index in [1.165, 1.54) is 11.1 Å². The maximum Gasteiger partial charge on any atom is 0.227 e. The predicted octanol–water partition coefficient (Wildman–Crippen LogP) is 3.93. The van der Waals surface area contributed by atoms with Crippen LogP contribution in [0.3, 0.4) is 0 Å². The molecule has 3 heterocycles. The fourth-order valence-electron chi connectivity index (χ4n) is 4.88. The van der Waals surface area contributed by atoms with Gasteiger partial charge in [-0.25, -0.2) is 0 Å². The Morgan fingerprint density at radius 2 is 2.03 bits per heavy atom. The number of nitrogens with zero attached hydrogens (tertiary/aromatic N) is 4. The molecule has 1 fully saturated rings. The lowest BCUT2D eigenvalue weighted by molar-refractivity contribution is -0.134. The second kappa shape index (κ2) is 10.1. The van der Waals surface area contributed by atoms with Crippen LogP contribution in [0.5, 0.6) is 0 Å². The Labute approximate surface area is 190 Å². The molecular formula is C26H33N5O. The first kappa shape index (κ1) is 22.2. The molecule has 0 radical (unpaired) electrons. The number of amides is 1. The van der Waals surface area contributed by atoms with Crippen molar-refractivity contribution in [3.8, 4) is 11.1 Å². The van der Waals surface area contributed by atoms with E-state index in [4.69, 9.17) is 0 Å². The van der Waals surface area contributed by atoms with Gasteiger partial charge >= 0.3 is 0 Å². The van der Waals surface area contributed by atoms with Crippen LogP contribution in [0.4, 0.5) is 0 Å². The summed E-state index contributed by atoms with van der Waals surface area (Å²) in [7, 11) is 0. The van der Waals surface area contributed by atoms with E-state index in [1.807, 2.05) is 30.1 Å². The molecule has 1 saturated heterocycles. The molecule has 1 aliphatic heterocycles. The number of rotatable bonds is 8. The molecular weight excluding hydrogens is 398 g/mol. The summed E-state index contributed by atoms with van der Waals surface area (Å²) < 4.78 is 1.96. The Kier molecular flexibility index (Phi) is 7.00. The van der Waals surface area contributed by atoms with Crippen LogP contribution in [0.1, 0.15) is 37.8 Å². The molecule has 4 rings (SSSR count). The molecule has 1 N–H and O–H groups in total. The number of carbonyl (C=O) groups is 1. The number of piperidine rings is 1. The molecule has 2 aromatic heterocycles. The van der Waals surface area contributed by atoms with Crippen LogP contribution in [-0.2, 0) is 24.3 Å². The lowest BCUT2D eigenvalue weighted by Gasteiger charge is -2.42. The molecule has 168 valence electrons. The highest BCUT2D eigenvalue weighted by atomic mass is 16.2. The van der Waals surface area contributed by atoms with Gasteiger partial charge in [0.05, 0.1) is 11.6 Å². The van der Waals surface area contributed by atoms with Crippen molar-refractivity contribution in [2.75, 3.05) is 19.6 Å². The number of aryl methyl sites for hydroxylation is 1. The Morgan fingerprint density at radius 1 is 1.16 bits per heavy atom. The Morgan fingerprint density at radius 3 is 2.78 bits per heavy atom. The van der Waals surface area contributed by atoms with Crippen LogP contribution in [0, 0.1) is 5.41 Å². The van der Waals surface area contributed by atoms with E-state index < -0.39 is 5.41 Å². The van der Waals surface area contributed by atoms with Gasteiger partial charge in [0.1, 0.15) is 0 Å². The van der Waals surface area contributed by atoms with Gasteiger partial charge in [0.2, 0.25) is 5.91 Å². The highest BCUT2D eigenvalue weighted by Crippen LogP contribution is 2.37. The molecule has 1 unspecified atom stereocenters. The van der Waals surface area contributed by atoms with Crippen molar-refractivity contribution in [1.29, 1.82) is 0 Å². The van der Waals surface area contributed by atoms with Crippen molar-refractivity contribution in [2.24, 2.45) is 5.41 Å². The topological polar surface area (TPSA) is 63.1 Å². The van der Waals surface area contributed by atoms with Gasteiger partial charge in [-0.15, -0.1) is 0 Å². The van der Waals surface area contributed by atoms with Gasteiger partial charge in [0.15, 0.2) is 0 Å². The van der Waals surface area contributed by atoms with Gasteiger partial charge in [0, 0.05) is 55.9 Å². The number of benzene rings is 1. The van der Waals surface area contributed by atoms with Gasteiger partial charge in [-0.3, -0.25) is 19.4 Å². The fourth-order valence-corrected chi connectivity index (χ4v) is 4.88. The van der Waals surface area contributed by atoms with Crippen LogP contribution in [-0.4, -0.2) is 45.2 Å². The van der Waals surface area contributed by atoms with Crippen molar-refractivity contribution in [1.82, 2.24) is 25.0 Å². The third kappa shape index (κ3) is 4.91. The zero-order valence-corrected chi connectivity index (χ0v) is 19.1. The first-order chi connectivity index (χ1) is 15.6. The highest BCUT2D eigenvalue weighted by molar-refractivity contribution is 5.84. The van der Waals surface area contributed by atoms with E-state index in [2.05, 4.69) is 63.8 Å². The molecule has 6 nitrogen and oxygen atoms in total. The largest absolute Gasteiger partial charge is 0.356 e. The minimum absolute atomic E-state index is 0.162. The smallest absolute Gasteiger partial charge is 0.227 e. The number of nitrogens with one attached hydrogen (secondary N) is 1. The van der Waals surface area contributed by atoms with Crippen LogP contribution < -0.4 is 5.32 Å². The Hall–Kier alpha value is -2.99. The van der Waals surface area contributed by atoms with Crippen LogP contribution >= 0.6 is 0 Å². The second-order valence-corrected chi connectivity index (χ2v) is 8.73. The van der Waals surface area contributed by atoms with Gasteiger partial charge in [0.25, 0.3) is 0 Å². The average Bonchev–Trinajstić information content (AvgIpc) is 3.28. The minimum Gasteiger partial charge on any atom is -0.356 e. The summed E-state index contributed by atoms with van der Waals surface area (Å²) in [6.07, 6.45) is 10.4. The van der Waals surface area contributed by atoms with E-state index >= 15 is 0 Å². The molecule has 6 heteroatoms. The molecule has 0 spiro atoms. The van der Waals surface area contributed by atoms with Crippen LogP contribution in [0.25, 0.3) is 11.1 Å². The lowest BCUT2D eigenvalue weighted by Crippen LogP contribution is -2.53. The first-order valence-corrected chi connectivity index (χ1v) is 11.6. The number of hydrogen-bond donors (Lipinski definition) is 1. The van der Waals surface area contributed by atoms with E-state index in [0.29, 0.717) is 13.0 Å². The van der Waals surface area contributed by atoms with Crippen molar-refractivity contribution in [3.05, 3.63) is 72.3 Å². The summed E-state index contributed by atoms with van der Waals surface area (Å²) in [6, 6.07) is 12.5. The van der Waals surface area contributed by atoms with E-state index in [1.54, 1.807) is 6.20 Å². The average molecular weight is 432 g/mol. The van der Waals surface area contributed by atoms with Gasteiger partial charge in [-0.2, -0.15) is 5.10 Å². The number of likely N-dealkylation sites (tertiary alicyclic amines) is 1. The Balaban J connectivity index is 1.62. The normalized spacial score (nSPS) is 19.1. The second-order valence-electron chi connectivity index (χ2n) is 8.73. The third-order valence-corrected chi connectivity index (χ3v) is 6.41. The first-order valence-electron chi connectivity index (χ1n) is 11.6. The molecule has 1 aromatic carbocycles. The van der Waals surface area contributed by atoms with Gasteiger partial charge in [-0.1, -0.05) is 30.3 Å². The summed E-state index contributed by atoms with van der Waals surface area (Å²) >= 11 is 0. The summed E-state index contributed by atoms with van der Waals surface area (Å²) in [6.45, 7) is 8.18. The monoisotopic (exact) mass is 431 g/mol. The van der Waals surface area contributed by atoms with E-state index in [9.17, 15) is 4.79 Å². The van der Waals surface area contributed by atoms with Crippen LogP contribution in [0.2, 0.25) is 0 Å². The van der Waals surface area contributed by atoms with Crippen LogP contribution in [0.15, 0.2) is 61.2 Å². The molecule has 1 atom stereocenters. The minimum atomic E-state index is -0.451. The highest BCUT2D eigenvalue weighted by Gasteiger charge is 2.42. The van der Waals surface area contributed by atoms with E-state index in [-0.39, 0.29) is 5.91 Å². The summed E-state index contributed by atoms with van der Waals surface area (Å²) in [5, 5.41) is 7.56. The SMILES string of the molecule is CCNC(=O)C1(Cc2ccccc2-c2cccnc2)CCCN(Cc2cnn(CC)c2)C1. The van der Waals surface area contributed by atoms with E-state index in [0.717, 1.165) is 50.1 Å². The molecule has 3 aromatic rings. The molecule has 32 heavy (non-hydrogen) atoms. The zero-order valence-electron chi connectivity index (χ0n) is 19.1. The quantitative estimate of drug-likeness (QED) is 0.587. The number of aromatic nitrogens is 3. The van der Waals surface area contributed by atoms with Crippen molar-refractivity contribution >= 4 is 5.91 Å².